The summed E-state index contributed by atoms with van der Waals surface area (Å²) in [5.74, 6) is 0. The molecule has 2 heteroatoms. The highest BCUT2D eigenvalue weighted by Crippen LogP contribution is 1.95. The van der Waals surface area contributed by atoms with E-state index in [1.807, 2.05) is 6.08 Å². The van der Waals surface area contributed by atoms with E-state index in [9.17, 15) is 0 Å². The Morgan fingerprint density at radius 2 is 2.08 bits per heavy atom. The Balaban J connectivity index is 3.22. The zero-order chi connectivity index (χ0) is 9.94. The van der Waals surface area contributed by atoms with Crippen LogP contribution in [0, 0.1) is 0 Å². The summed E-state index contributed by atoms with van der Waals surface area (Å²) in [4.78, 5) is 2.22. The lowest BCUT2D eigenvalue weighted by molar-refractivity contribution is 0.0358. The number of ether oxygens (including phenoxy) is 1. The van der Waals surface area contributed by atoms with Gasteiger partial charge in [0.2, 0.25) is 0 Å². The summed E-state index contributed by atoms with van der Waals surface area (Å²) in [6.45, 7) is 11.6. The van der Waals surface area contributed by atoms with Crippen LogP contribution in [-0.4, -0.2) is 31.3 Å². The SMILES string of the molecule is C=CCN(CC)COCCCCC. The first kappa shape index (κ1) is 12.7. The minimum atomic E-state index is 0.742. The van der Waals surface area contributed by atoms with Crippen LogP contribution in [-0.2, 0) is 4.74 Å². The van der Waals surface area contributed by atoms with E-state index in [0.29, 0.717) is 0 Å². The number of rotatable bonds is 9. The predicted molar refractivity (Wildman–Crippen MR) is 57.8 cm³/mol. The summed E-state index contributed by atoms with van der Waals surface area (Å²) in [7, 11) is 0. The Morgan fingerprint density at radius 1 is 1.31 bits per heavy atom. The third-order valence-corrected chi connectivity index (χ3v) is 2.00. The lowest BCUT2D eigenvalue weighted by Gasteiger charge is -2.17. The minimum Gasteiger partial charge on any atom is -0.366 e. The molecule has 0 saturated carbocycles. The van der Waals surface area contributed by atoms with Crippen LogP contribution in [0.5, 0.6) is 0 Å². The van der Waals surface area contributed by atoms with Crippen molar-refractivity contribution >= 4 is 0 Å². The second-order valence-electron chi connectivity index (χ2n) is 3.20. The average Bonchev–Trinajstić information content (AvgIpc) is 2.16. The lowest BCUT2D eigenvalue weighted by atomic mass is 10.3. The molecule has 0 spiro atoms. The molecule has 13 heavy (non-hydrogen) atoms. The molecular formula is C11H23NO. The van der Waals surface area contributed by atoms with E-state index in [-0.39, 0.29) is 0 Å². The van der Waals surface area contributed by atoms with E-state index < -0.39 is 0 Å². The molecule has 0 aromatic carbocycles. The Kier molecular flexibility index (Phi) is 9.49. The van der Waals surface area contributed by atoms with Crippen LogP contribution in [0.3, 0.4) is 0 Å². The third-order valence-electron chi connectivity index (χ3n) is 2.00. The smallest absolute Gasteiger partial charge is 0.0992 e. The summed E-state index contributed by atoms with van der Waals surface area (Å²) < 4.78 is 5.52. The van der Waals surface area contributed by atoms with Gasteiger partial charge in [-0.05, 0) is 13.0 Å². The van der Waals surface area contributed by atoms with E-state index in [1.165, 1.54) is 19.3 Å². The van der Waals surface area contributed by atoms with Gasteiger partial charge in [0.25, 0.3) is 0 Å². The van der Waals surface area contributed by atoms with Crippen LogP contribution in [0.4, 0.5) is 0 Å². The minimum absolute atomic E-state index is 0.742. The summed E-state index contributed by atoms with van der Waals surface area (Å²) >= 11 is 0. The number of unbranched alkanes of at least 4 members (excludes halogenated alkanes) is 2. The molecule has 0 heterocycles. The van der Waals surface area contributed by atoms with Gasteiger partial charge in [-0.1, -0.05) is 32.8 Å². The molecule has 0 saturated heterocycles. The molecule has 0 amide bonds. The van der Waals surface area contributed by atoms with Crippen molar-refractivity contribution in [3.63, 3.8) is 0 Å². The van der Waals surface area contributed by atoms with Crippen LogP contribution >= 0.6 is 0 Å². The van der Waals surface area contributed by atoms with Gasteiger partial charge in [-0.15, -0.1) is 6.58 Å². The van der Waals surface area contributed by atoms with E-state index >= 15 is 0 Å². The second kappa shape index (κ2) is 9.75. The predicted octanol–water partition coefficient (Wildman–Crippen LogP) is 2.66. The maximum atomic E-state index is 5.52. The first-order valence-electron chi connectivity index (χ1n) is 5.26. The first-order valence-corrected chi connectivity index (χ1v) is 5.26. The van der Waals surface area contributed by atoms with Gasteiger partial charge < -0.3 is 4.74 Å². The van der Waals surface area contributed by atoms with Crippen LogP contribution < -0.4 is 0 Å². The summed E-state index contributed by atoms with van der Waals surface area (Å²) in [6, 6.07) is 0. The van der Waals surface area contributed by atoms with E-state index in [2.05, 4.69) is 25.3 Å². The Labute approximate surface area is 82.6 Å². The van der Waals surface area contributed by atoms with Crippen molar-refractivity contribution in [1.29, 1.82) is 0 Å². The van der Waals surface area contributed by atoms with Gasteiger partial charge in [-0.2, -0.15) is 0 Å². The molecule has 0 N–H and O–H groups in total. The quantitative estimate of drug-likeness (QED) is 0.311. The average molecular weight is 185 g/mol. The van der Waals surface area contributed by atoms with E-state index in [4.69, 9.17) is 4.74 Å². The molecule has 0 unspecified atom stereocenters. The fourth-order valence-corrected chi connectivity index (χ4v) is 1.10. The summed E-state index contributed by atoms with van der Waals surface area (Å²) in [5.41, 5.74) is 0. The molecule has 0 aliphatic rings. The number of hydrogen-bond acceptors (Lipinski definition) is 2. The zero-order valence-electron chi connectivity index (χ0n) is 9.09. The highest BCUT2D eigenvalue weighted by atomic mass is 16.5. The van der Waals surface area contributed by atoms with Gasteiger partial charge in [0.05, 0.1) is 6.73 Å². The fourth-order valence-electron chi connectivity index (χ4n) is 1.10. The molecule has 0 atom stereocenters. The molecule has 0 aromatic heterocycles. The number of likely N-dealkylation sites (N-methyl/N-ethyl adjacent to an activating group) is 1. The monoisotopic (exact) mass is 185 g/mol. The highest BCUT2D eigenvalue weighted by molar-refractivity contribution is 4.70. The van der Waals surface area contributed by atoms with E-state index in [1.54, 1.807) is 0 Å². The summed E-state index contributed by atoms with van der Waals surface area (Å²) in [6.07, 6.45) is 5.63. The topological polar surface area (TPSA) is 12.5 Å². The number of nitrogens with zero attached hydrogens (tertiary/aromatic N) is 1. The molecule has 0 bridgehead atoms. The van der Waals surface area contributed by atoms with Crippen LogP contribution in [0.15, 0.2) is 12.7 Å². The second-order valence-corrected chi connectivity index (χ2v) is 3.20. The molecule has 2 nitrogen and oxygen atoms in total. The van der Waals surface area contributed by atoms with Gasteiger partial charge in [0.15, 0.2) is 0 Å². The molecule has 0 fully saturated rings. The Bertz CT molecular complexity index is 115. The molecule has 0 aromatic rings. The van der Waals surface area contributed by atoms with Crippen molar-refractivity contribution in [2.24, 2.45) is 0 Å². The maximum Gasteiger partial charge on any atom is 0.0992 e. The third kappa shape index (κ3) is 8.00. The van der Waals surface area contributed by atoms with Crippen LogP contribution in [0.2, 0.25) is 0 Å². The summed E-state index contributed by atoms with van der Waals surface area (Å²) in [5, 5.41) is 0. The van der Waals surface area contributed by atoms with Crippen molar-refractivity contribution in [2.45, 2.75) is 33.1 Å². The lowest BCUT2D eigenvalue weighted by Crippen LogP contribution is -2.26. The zero-order valence-corrected chi connectivity index (χ0v) is 9.09. The van der Waals surface area contributed by atoms with Gasteiger partial charge in [-0.25, -0.2) is 0 Å². The number of hydrogen-bond donors (Lipinski definition) is 0. The largest absolute Gasteiger partial charge is 0.366 e. The molecule has 0 aliphatic carbocycles. The van der Waals surface area contributed by atoms with Crippen molar-refractivity contribution < 1.29 is 4.74 Å². The maximum absolute atomic E-state index is 5.52. The first-order chi connectivity index (χ1) is 6.35. The Morgan fingerprint density at radius 3 is 2.62 bits per heavy atom. The van der Waals surface area contributed by atoms with Gasteiger partial charge in [0.1, 0.15) is 0 Å². The van der Waals surface area contributed by atoms with Crippen molar-refractivity contribution in [2.75, 3.05) is 26.4 Å². The molecule has 0 rings (SSSR count). The molecule has 0 aliphatic heterocycles. The Hall–Kier alpha value is -0.340. The molecule has 78 valence electrons. The normalized spacial score (nSPS) is 10.7. The van der Waals surface area contributed by atoms with Gasteiger partial charge >= 0.3 is 0 Å². The van der Waals surface area contributed by atoms with Crippen molar-refractivity contribution in [1.82, 2.24) is 4.90 Å². The van der Waals surface area contributed by atoms with Gasteiger partial charge in [0, 0.05) is 13.2 Å². The molecular weight excluding hydrogens is 162 g/mol. The van der Waals surface area contributed by atoms with E-state index in [0.717, 1.165) is 26.4 Å². The van der Waals surface area contributed by atoms with Crippen molar-refractivity contribution in [3.05, 3.63) is 12.7 Å². The van der Waals surface area contributed by atoms with Crippen LogP contribution in [0.25, 0.3) is 0 Å². The van der Waals surface area contributed by atoms with Crippen LogP contribution in [0.1, 0.15) is 33.1 Å². The van der Waals surface area contributed by atoms with Crippen molar-refractivity contribution in [3.8, 4) is 0 Å². The molecule has 0 radical (unpaired) electrons. The van der Waals surface area contributed by atoms with Gasteiger partial charge in [-0.3, -0.25) is 4.90 Å². The standard InChI is InChI=1S/C11H23NO/c1-4-7-8-10-13-11-12(6-3)9-5-2/h5H,2,4,6-11H2,1,3H3. The highest BCUT2D eigenvalue weighted by Gasteiger charge is 1.97. The fraction of sp³-hybridized carbons (Fsp3) is 0.818.